The second-order valence-electron chi connectivity index (χ2n) is 6.50. The van der Waals surface area contributed by atoms with Crippen LogP contribution in [-0.4, -0.2) is 48.4 Å². The van der Waals surface area contributed by atoms with E-state index in [0.717, 1.165) is 0 Å². The third-order valence-corrected chi connectivity index (χ3v) is 4.71. The number of hydrogen-bond donors (Lipinski definition) is 0. The van der Waals surface area contributed by atoms with Crippen molar-refractivity contribution in [2.75, 3.05) is 19.8 Å². The first-order valence-electron chi connectivity index (χ1n) is 9.67. The van der Waals surface area contributed by atoms with E-state index in [1.807, 2.05) is 0 Å². The van der Waals surface area contributed by atoms with Gasteiger partial charge in [-0.1, -0.05) is 54.1 Å². The summed E-state index contributed by atoms with van der Waals surface area (Å²) in [7, 11) is 0. The SMILES string of the molecule is CCOC(=O)C(N=Cc1ccccc1)(C(=O)OCC)[C@@H](C[N+](=O)[O-])c1cccc(Cl)c1. The molecule has 9 heteroatoms. The van der Waals surface area contributed by atoms with Gasteiger partial charge in [0.1, 0.15) is 0 Å². The number of esters is 2. The van der Waals surface area contributed by atoms with Gasteiger partial charge in [-0.05, 0) is 37.1 Å². The molecule has 0 aliphatic heterocycles. The number of benzene rings is 2. The summed E-state index contributed by atoms with van der Waals surface area (Å²) in [6.45, 7) is 2.25. The summed E-state index contributed by atoms with van der Waals surface area (Å²) in [6, 6.07) is 14.9. The average molecular weight is 447 g/mol. The Balaban J connectivity index is 2.77. The van der Waals surface area contributed by atoms with Gasteiger partial charge in [0, 0.05) is 16.2 Å². The highest BCUT2D eigenvalue weighted by molar-refractivity contribution is 6.30. The van der Waals surface area contributed by atoms with Crippen molar-refractivity contribution in [3.63, 3.8) is 0 Å². The maximum Gasteiger partial charge on any atom is 0.346 e. The number of carbonyl (C=O) groups is 2. The van der Waals surface area contributed by atoms with E-state index in [1.54, 1.807) is 62.4 Å². The molecule has 0 heterocycles. The van der Waals surface area contributed by atoms with Crippen molar-refractivity contribution in [3.8, 4) is 0 Å². The van der Waals surface area contributed by atoms with Gasteiger partial charge < -0.3 is 9.47 Å². The van der Waals surface area contributed by atoms with Crippen LogP contribution in [0.4, 0.5) is 0 Å². The van der Waals surface area contributed by atoms with Gasteiger partial charge in [0.15, 0.2) is 0 Å². The van der Waals surface area contributed by atoms with Crippen molar-refractivity contribution in [2.24, 2.45) is 4.99 Å². The molecule has 0 fully saturated rings. The van der Waals surface area contributed by atoms with Crippen LogP contribution >= 0.6 is 11.6 Å². The van der Waals surface area contributed by atoms with Crippen molar-refractivity contribution < 1.29 is 24.0 Å². The van der Waals surface area contributed by atoms with Crippen molar-refractivity contribution in [1.29, 1.82) is 0 Å². The molecule has 0 aliphatic rings. The minimum absolute atomic E-state index is 0.0540. The second kappa shape index (κ2) is 11.2. The molecule has 0 saturated heterocycles. The Morgan fingerprint density at radius 1 is 1.10 bits per heavy atom. The van der Waals surface area contributed by atoms with Gasteiger partial charge >= 0.3 is 11.9 Å². The highest BCUT2D eigenvalue weighted by Crippen LogP contribution is 2.36. The lowest BCUT2D eigenvalue weighted by atomic mass is 9.79. The molecule has 0 unspecified atom stereocenters. The number of rotatable bonds is 10. The first-order valence-corrected chi connectivity index (χ1v) is 10.0. The molecule has 2 rings (SSSR count). The molecule has 0 aromatic heterocycles. The maximum atomic E-state index is 13.2. The molecule has 0 bridgehead atoms. The van der Waals surface area contributed by atoms with E-state index in [9.17, 15) is 19.7 Å². The van der Waals surface area contributed by atoms with Gasteiger partial charge in [-0.25, -0.2) is 9.59 Å². The topological polar surface area (TPSA) is 108 Å². The third kappa shape index (κ3) is 5.88. The summed E-state index contributed by atoms with van der Waals surface area (Å²) in [5.41, 5.74) is -1.46. The highest BCUT2D eigenvalue weighted by Gasteiger charge is 2.57. The molecule has 2 aromatic rings. The van der Waals surface area contributed by atoms with Crippen LogP contribution in [-0.2, 0) is 19.1 Å². The lowest BCUT2D eigenvalue weighted by Crippen LogP contribution is -2.54. The molecular weight excluding hydrogens is 424 g/mol. The number of hydrogen-bond acceptors (Lipinski definition) is 7. The van der Waals surface area contributed by atoms with Gasteiger partial charge in [-0.15, -0.1) is 0 Å². The van der Waals surface area contributed by atoms with E-state index < -0.39 is 34.9 Å². The molecule has 0 spiro atoms. The van der Waals surface area contributed by atoms with E-state index in [0.29, 0.717) is 10.6 Å². The molecular formula is C22H23ClN2O6. The van der Waals surface area contributed by atoms with Gasteiger partial charge in [0.05, 0.1) is 19.1 Å². The van der Waals surface area contributed by atoms with Crippen LogP contribution in [0.1, 0.15) is 30.9 Å². The first-order chi connectivity index (χ1) is 14.8. The van der Waals surface area contributed by atoms with Crippen LogP contribution in [0.2, 0.25) is 5.02 Å². The molecule has 0 radical (unpaired) electrons. The number of aliphatic imine (C=N–C) groups is 1. The predicted octanol–water partition coefficient (Wildman–Crippen LogP) is 3.68. The Morgan fingerprint density at radius 2 is 1.71 bits per heavy atom. The fourth-order valence-electron chi connectivity index (χ4n) is 3.11. The van der Waals surface area contributed by atoms with Gasteiger partial charge in [0.25, 0.3) is 5.54 Å². The molecule has 0 amide bonds. The predicted molar refractivity (Wildman–Crippen MR) is 116 cm³/mol. The molecule has 0 N–H and O–H groups in total. The lowest BCUT2D eigenvalue weighted by Gasteiger charge is -2.31. The Labute approximate surface area is 185 Å². The summed E-state index contributed by atoms with van der Waals surface area (Å²) in [5.74, 6) is -3.39. The molecule has 31 heavy (non-hydrogen) atoms. The van der Waals surface area contributed by atoms with Crippen LogP contribution in [0.15, 0.2) is 59.6 Å². The maximum absolute atomic E-state index is 13.2. The zero-order valence-electron chi connectivity index (χ0n) is 17.2. The normalized spacial score (nSPS) is 12.4. The fourth-order valence-corrected chi connectivity index (χ4v) is 3.31. The van der Waals surface area contributed by atoms with E-state index in [1.165, 1.54) is 12.3 Å². The summed E-state index contributed by atoms with van der Waals surface area (Å²) in [4.78, 5) is 41.6. The van der Waals surface area contributed by atoms with E-state index in [4.69, 9.17) is 21.1 Å². The number of ether oxygens (including phenoxy) is 2. The summed E-state index contributed by atoms with van der Waals surface area (Å²) < 4.78 is 10.3. The second-order valence-corrected chi connectivity index (χ2v) is 6.94. The smallest absolute Gasteiger partial charge is 0.346 e. The van der Waals surface area contributed by atoms with Crippen LogP contribution in [0.3, 0.4) is 0 Å². The van der Waals surface area contributed by atoms with Crippen LogP contribution in [0, 0.1) is 10.1 Å². The van der Waals surface area contributed by atoms with E-state index >= 15 is 0 Å². The molecule has 2 aromatic carbocycles. The van der Waals surface area contributed by atoms with Crippen molar-refractivity contribution in [2.45, 2.75) is 25.3 Å². The quantitative estimate of drug-likeness (QED) is 0.181. The Bertz CT molecular complexity index is 930. The summed E-state index contributed by atoms with van der Waals surface area (Å²) >= 11 is 6.09. The summed E-state index contributed by atoms with van der Waals surface area (Å²) in [5, 5.41) is 11.9. The number of nitro groups is 1. The molecule has 1 atom stereocenters. The van der Waals surface area contributed by atoms with E-state index in [2.05, 4.69) is 4.99 Å². The van der Waals surface area contributed by atoms with Crippen molar-refractivity contribution >= 4 is 29.8 Å². The molecule has 0 aliphatic carbocycles. The van der Waals surface area contributed by atoms with Gasteiger partial charge in [-0.3, -0.25) is 15.1 Å². The van der Waals surface area contributed by atoms with Crippen molar-refractivity contribution in [1.82, 2.24) is 0 Å². The Hall–Kier alpha value is -3.26. The van der Waals surface area contributed by atoms with Crippen LogP contribution in [0.5, 0.6) is 0 Å². The summed E-state index contributed by atoms with van der Waals surface area (Å²) in [6.07, 6.45) is 1.31. The Kier molecular flexibility index (Phi) is 8.69. The number of nitrogens with zero attached hydrogens (tertiary/aromatic N) is 2. The number of carbonyl (C=O) groups excluding carboxylic acids is 2. The van der Waals surface area contributed by atoms with Crippen LogP contribution < -0.4 is 0 Å². The average Bonchev–Trinajstić information content (AvgIpc) is 2.74. The van der Waals surface area contributed by atoms with Gasteiger partial charge in [-0.2, -0.15) is 0 Å². The zero-order valence-corrected chi connectivity index (χ0v) is 17.9. The minimum Gasteiger partial charge on any atom is -0.464 e. The number of halogens is 1. The fraction of sp³-hybridized carbons (Fsp3) is 0.318. The van der Waals surface area contributed by atoms with Gasteiger partial charge in [0.2, 0.25) is 6.54 Å². The van der Waals surface area contributed by atoms with Crippen molar-refractivity contribution in [3.05, 3.63) is 80.9 Å². The highest BCUT2D eigenvalue weighted by atomic mass is 35.5. The molecule has 8 nitrogen and oxygen atoms in total. The largest absolute Gasteiger partial charge is 0.464 e. The standard InChI is InChI=1S/C22H23ClN2O6/c1-3-30-20(26)22(21(27)31-4-2,24-14-16-9-6-5-7-10-16)19(15-25(28)29)17-11-8-12-18(23)13-17/h5-14,19H,3-4,15H2,1-2H3/t19-/m0/s1. The Morgan fingerprint density at radius 3 is 2.23 bits per heavy atom. The van der Waals surface area contributed by atoms with Crippen LogP contribution in [0.25, 0.3) is 0 Å². The molecule has 164 valence electrons. The zero-order chi connectivity index (χ0) is 22.9. The monoisotopic (exact) mass is 446 g/mol. The minimum atomic E-state index is -2.33. The lowest BCUT2D eigenvalue weighted by molar-refractivity contribution is -0.484. The first kappa shape index (κ1) is 24.0. The molecule has 0 saturated carbocycles. The third-order valence-electron chi connectivity index (χ3n) is 4.48. The van der Waals surface area contributed by atoms with E-state index in [-0.39, 0.29) is 18.8 Å².